The SMILES string of the molecule is O=C1Oc2cc(O)c3c(O)cccc3c2C1=C1C=Nc2ccccc21. The molecule has 120 valence electrons. The maximum absolute atomic E-state index is 12.6. The molecule has 5 rings (SSSR count). The first-order valence-electron chi connectivity index (χ1n) is 7.73. The molecule has 5 nitrogen and oxygen atoms in total. The molecule has 0 atom stereocenters. The summed E-state index contributed by atoms with van der Waals surface area (Å²) < 4.78 is 5.38. The molecule has 0 saturated heterocycles. The summed E-state index contributed by atoms with van der Waals surface area (Å²) in [5.74, 6) is -0.405. The Morgan fingerprint density at radius 2 is 1.80 bits per heavy atom. The molecule has 0 fully saturated rings. The number of aliphatic imine (C=N–C) groups is 1. The molecule has 25 heavy (non-hydrogen) atoms. The lowest BCUT2D eigenvalue weighted by atomic mass is 9.92. The summed E-state index contributed by atoms with van der Waals surface area (Å²) in [4.78, 5) is 16.9. The number of phenolic OH excluding ortho intramolecular Hbond substituents is 2. The normalized spacial score (nSPS) is 17.7. The van der Waals surface area contributed by atoms with Gasteiger partial charge in [-0.25, -0.2) is 4.79 Å². The maximum Gasteiger partial charge on any atom is 0.345 e. The van der Waals surface area contributed by atoms with Gasteiger partial charge in [0.1, 0.15) is 17.2 Å². The summed E-state index contributed by atoms with van der Waals surface area (Å²) in [5, 5.41) is 21.2. The fourth-order valence-corrected chi connectivity index (χ4v) is 3.47. The lowest BCUT2D eigenvalue weighted by Crippen LogP contribution is -2.03. The number of esters is 1. The van der Waals surface area contributed by atoms with Gasteiger partial charge in [-0.2, -0.15) is 0 Å². The van der Waals surface area contributed by atoms with Crippen molar-refractivity contribution < 1.29 is 19.7 Å². The zero-order valence-electron chi connectivity index (χ0n) is 12.9. The average molecular weight is 329 g/mol. The van der Waals surface area contributed by atoms with Gasteiger partial charge in [0.25, 0.3) is 0 Å². The fourth-order valence-electron chi connectivity index (χ4n) is 3.47. The number of benzene rings is 3. The van der Waals surface area contributed by atoms with E-state index in [-0.39, 0.29) is 17.2 Å². The number of allylic oxidation sites excluding steroid dienone is 1. The zero-order valence-corrected chi connectivity index (χ0v) is 12.9. The van der Waals surface area contributed by atoms with E-state index in [0.29, 0.717) is 27.5 Å². The lowest BCUT2D eigenvalue weighted by molar-refractivity contribution is -0.126. The van der Waals surface area contributed by atoms with E-state index >= 15 is 0 Å². The molecule has 0 spiro atoms. The van der Waals surface area contributed by atoms with Gasteiger partial charge in [0.2, 0.25) is 0 Å². The third kappa shape index (κ3) is 1.77. The van der Waals surface area contributed by atoms with Crippen molar-refractivity contribution in [1.29, 1.82) is 0 Å². The molecule has 2 aliphatic heterocycles. The van der Waals surface area contributed by atoms with Crippen molar-refractivity contribution >= 4 is 39.8 Å². The van der Waals surface area contributed by atoms with Crippen LogP contribution in [0.5, 0.6) is 17.2 Å². The molecule has 2 N–H and O–H groups in total. The Labute approximate surface area is 142 Å². The van der Waals surface area contributed by atoms with Crippen LogP contribution in [-0.2, 0) is 4.79 Å². The van der Waals surface area contributed by atoms with Gasteiger partial charge in [-0.05, 0) is 12.1 Å². The van der Waals surface area contributed by atoms with E-state index in [1.807, 2.05) is 24.3 Å². The Balaban J connectivity index is 1.91. The first kappa shape index (κ1) is 13.8. The van der Waals surface area contributed by atoms with Gasteiger partial charge in [0, 0.05) is 34.4 Å². The topological polar surface area (TPSA) is 79.1 Å². The van der Waals surface area contributed by atoms with Crippen LogP contribution in [0.1, 0.15) is 11.1 Å². The predicted molar refractivity (Wildman–Crippen MR) is 94.3 cm³/mol. The molecule has 0 unspecified atom stereocenters. The van der Waals surface area contributed by atoms with Gasteiger partial charge >= 0.3 is 5.97 Å². The monoisotopic (exact) mass is 329 g/mol. The van der Waals surface area contributed by atoms with Crippen LogP contribution < -0.4 is 4.74 Å². The van der Waals surface area contributed by atoms with Gasteiger partial charge in [0.05, 0.1) is 16.6 Å². The van der Waals surface area contributed by atoms with E-state index in [0.717, 1.165) is 11.3 Å². The van der Waals surface area contributed by atoms with Gasteiger partial charge in [-0.3, -0.25) is 4.99 Å². The van der Waals surface area contributed by atoms with E-state index in [1.165, 1.54) is 12.1 Å². The number of hydrogen-bond acceptors (Lipinski definition) is 5. The van der Waals surface area contributed by atoms with Crippen molar-refractivity contribution in [2.45, 2.75) is 0 Å². The first-order chi connectivity index (χ1) is 12.1. The highest BCUT2D eigenvalue weighted by molar-refractivity contribution is 6.41. The average Bonchev–Trinajstić information content (AvgIpc) is 3.15. The number of ether oxygens (including phenoxy) is 1. The summed E-state index contributed by atoms with van der Waals surface area (Å²) in [6.07, 6.45) is 1.65. The van der Waals surface area contributed by atoms with Crippen LogP contribution in [0.3, 0.4) is 0 Å². The maximum atomic E-state index is 12.6. The van der Waals surface area contributed by atoms with E-state index in [4.69, 9.17) is 4.74 Å². The Kier molecular flexibility index (Phi) is 2.60. The molecule has 0 aliphatic carbocycles. The van der Waals surface area contributed by atoms with Crippen molar-refractivity contribution in [3.05, 3.63) is 59.7 Å². The molecule has 0 saturated carbocycles. The number of hydrogen-bond donors (Lipinski definition) is 2. The van der Waals surface area contributed by atoms with Crippen LogP contribution in [-0.4, -0.2) is 22.4 Å². The van der Waals surface area contributed by atoms with Gasteiger partial charge < -0.3 is 14.9 Å². The van der Waals surface area contributed by atoms with E-state index in [9.17, 15) is 15.0 Å². The number of aromatic hydroxyl groups is 2. The summed E-state index contributed by atoms with van der Waals surface area (Å²) in [6.45, 7) is 0. The molecule has 0 aromatic heterocycles. The van der Waals surface area contributed by atoms with Crippen molar-refractivity contribution in [2.75, 3.05) is 0 Å². The molecule has 5 heteroatoms. The molecule has 2 aliphatic rings. The lowest BCUT2D eigenvalue weighted by Gasteiger charge is -2.09. The highest BCUT2D eigenvalue weighted by Crippen LogP contribution is 2.49. The Morgan fingerprint density at radius 3 is 2.68 bits per heavy atom. The molecule has 0 amide bonds. The summed E-state index contributed by atoms with van der Waals surface area (Å²) in [6, 6.07) is 13.8. The number of carbonyl (C=O) groups excluding carboxylic acids is 1. The molecule has 2 heterocycles. The quantitative estimate of drug-likeness (QED) is 0.373. The van der Waals surface area contributed by atoms with Crippen LogP contribution >= 0.6 is 0 Å². The predicted octanol–water partition coefficient (Wildman–Crippen LogP) is 3.80. The standard InChI is InChI=1S/C20H11NO4/c22-14-7-3-5-11-17(14)15(23)8-16-18(11)19(20(24)25-16)12-9-21-13-6-2-1-4-10(12)13/h1-9,22-23H. The minimum absolute atomic E-state index is 0.0537. The summed E-state index contributed by atoms with van der Waals surface area (Å²) in [5.41, 5.74) is 3.27. The smallest absolute Gasteiger partial charge is 0.345 e. The number of carbonyl (C=O) groups is 1. The minimum atomic E-state index is -0.497. The van der Waals surface area contributed by atoms with Gasteiger partial charge in [-0.15, -0.1) is 0 Å². The molecule has 3 aromatic rings. The Morgan fingerprint density at radius 1 is 0.960 bits per heavy atom. The molecule has 0 radical (unpaired) electrons. The van der Waals surface area contributed by atoms with Crippen molar-refractivity contribution in [1.82, 2.24) is 0 Å². The molecule has 0 bridgehead atoms. The van der Waals surface area contributed by atoms with Crippen molar-refractivity contribution in [3.8, 4) is 17.2 Å². The summed E-state index contributed by atoms with van der Waals surface area (Å²) in [7, 11) is 0. The fraction of sp³-hybridized carbons (Fsp3) is 0. The third-order valence-electron chi connectivity index (χ3n) is 4.54. The van der Waals surface area contributed by atoms with Crippen LogP contribution in [0.15, 0.2) is 53.5 Å². The van der Waals surface area contributed by atoms with Crippen molar-refractivity contribution in [3.63, 3.8) is 0 Å². The van der Waals surface area contributed by atoms with E-state index < -0.39 is 5.97 Å². The largest absolute Gasteiger partial charge is 0.507 e. The van der Waals surface area contributed by atoms with Crippen molar-refractivity contribution in [2.24, 2.45) is 4.99 Å². The van der Waals surface area contributed by atoms with E-state index in [1.54, 1.807) is 18.3 Å². The molecular weight excluding hydrogens is 318 g/mol. The third-order valence-corrected chi connectivity index (χ3v) is 4.54. The number of fused-ring (bicyclic) bond motifs is 4. The number of para-hydroxylation sites is 1. The molecular formula is C20H11NO4. The summed E-state index contributed by atoms with van der Waals surface area (Å²) >= 11 is 0. The highest BCUT2D eigenvalue weighted by Gasteiger charge is 2.34. The number of rotatable bonds is 0. The second-order valence-electron chi connectivity index (χ2n) is 5.92. The second kappa shape index (κ2) is 4.70. The first-order valence-corrected chi connectivity index (χ1v) is 7.73. The van der Waals surface area contributed by atoms with Gasteiger partial charge in [0.15, 0.2) is 0 Å². The minimum Gasteiger partial charge on any atom is -0.507 e. The number of phenols is 2. The van der Waals surface area contributed by atoms with E-state index in [2.05, 4.69) is 4.99 Å². The zero-order chi connectivity index (χ0) is 17.1. The second-order valence-corrected chi connectivity index (χ2v) is 5.92. The Hall–Kier alpha value is -3.60. The van der Waals surface area contributed by atoms with Crippen LogP contribution in [0.2, 0.25) is 0 Å². The van der Waals surface area contributed by atoms with Crippen LogP contribution in [0.4, 0.5) is 5.69 Å². The van der Waals surface area contributed by atoms with Gasteiger partial charge in [-0.1, -0.05) is 30.3 Å². The number of nitrogens with zero attached hydrogens (tertiary/aromatic N) is 1. The molecule has 3 aromatic carbocycles. The van der Waals surface area contributed by atoms with Crippen LogP contribution in [0, 0.1) is 0 Å². The van der Waals surface area contributed by atoms with Crippen LogP contribution in [0.25, 0.3) is 21.9 Å². The Bertz CT molecular complexity index is 1160. The highest BCUT2D eigenvalue weighted by atomic mass is 16.5.